The van der Waals surface area contributed by atoms with Crippen LogP contribution in [0.3, 0.4) is 0 Å². The number of aliphatic hydroxyl groups is 1. The summed E-state index contributed by atoms with van der Waals surface area (Å²) in [4.78, 5) is 22.0. The summed E-state index contributed by atoms with van der Waals surface area (Å²) in [5.41, 5.74) is 1.66. The third-order valence-electron chi connectivity index (χ3n) is 5.86. The number of aryl methyl sites for hydroxylation is 1. The van der Waals surface area contributed by atoms with E-state index >= 15 is 0 Å². The second-order valence-electron chi connectivity index (χ2n) is 10.1. The predicted octanol–water partition coefficient (Wildman–Crippen LogP) is 3.68. The Hall–Kier alpha value is -2.03. The van der Waals surface area contributed by atoms with E-state index in [0.717, 1.165) is 17.4 Å². The first-order chi connectivity index (χ1) is 14.5. The molecule has 0 bridgehead atoms. The van der Waals surface area contributed by atoms with E-state index in [-0.39, 0.29) is 35.5 Å². The molecule has 2 aromatic heterocycles. The Labute approximate surface area is 184 Å². The second kappa shape index (κ2) is 9.22. The van der Waals surface area contributed by atoms with Gasteiger partial charge in [-0.2, -0.15) is 0 Å². The lowest BCUT2D eigenvalue weighted by atomic mass is 9.79. The van der Waals surface area contributed by atoms with Gasteiger partial charge in [-0.3, -0.25) is 4.79 Å². The molecule has 0 saturated carbocycles. The van der Waals surface area contributed by atoms with Crippen molar-refractivity contribution < 1.29 is 19.4 Å². The molecule has 1 aliphatic rings. The van der Waals surface area contributed by atoms with Gasteiger partial charge < -0.3 is 24.5 Å². The number of rotatable bonds is 7. The number of ether oxygens (including phenoxy) is 2. The lowest BCUT2D eigenvalue weighted by Crippen LogP contribution is -2.31. The van der Waals surface area contributed by atoms with Crippen molar-refractivity contribution >= 4 is 22.8 Å². The van der Waals surface area contributed by atoms with Gasteiger partial charge >= 0.3 is 0 Å². The van der Waals surface area contributed by atoms with Crippen LogP contribution >= 0.6 is 0 Å². The SMILES string of the molecule is COC[C@H]1O[C@@H](n2cc(C)c3c(NC(=O)C(CC(C)(C)C)C(C)C)ncnc32)CC1O. The van der Waals surface area contributed by atoms with E-state index in [1.165, 1.54) is 6.33 Å². The number of aromatic nitrogens is 3. The number of methoxy groups -OCH3 is 1. The number of carbonyl (C=O) groups is 1. The smallest absolute Gasteiger partial charge is 0.228 e. The number of hydrogen-bond donors (Lipinski definition) is 2. The summed E-state index contributed by atoms with van der Waals surface area (Å²) >= 11 is 0. The fourth-order valence-electron chi connectivity index (χ4n) is 4.28. The molecule has 31 heavy (non-hydrogen) atoms. The van der Waals surface area contributed by atoms with Gasteiger partial charge in [-0.25, -0.2) is 9.97 Å². The molecule has 4 atom stereocenters. The molecule has 1 saturated heterocycles. The maximum absolute atomic E-state index is 13.2. The van der Waals surface area contributed by atoms with Crippen molar-refractivity contribution in [3.63, 3.8) is 0 Å². The highest BCUT2D eigenvalue weighted by atomic mass is 16.6. The minimum Gasteiger partial charge on any atom is -0.390 e. The largest absolute Gasteiger partial charge is 0.390 e. The Kier molecular flexibility index (Phi) is 7.03. The number of carbonyl (C=O) groups excluding carboxylic acids is 1. The van der Waals surface area contributed by atoms with E-state index in [9.17, 15) is 9.90 Å². The third kappa shape index (κ3) is 5.25. The summed E-state index contributed by atoms with van der Waals surface area (Å²) in [5, 5.41) is 14.2. The molecule has 172 valence electrons. The van der Waals surface area contributed by atoms with Gasteiger partial charge in [0.2, 0.25) is 5.91 Å². The highest BCUT2D eigenvalue weighted by Gasteiger charge is 2.36. The molecule has 2 N–H and O–H groups in total. The molecule has 0 aromatic carbocycles. The first-order valence-electron chi connectivity index (χ1n) is 11.0. The third-order valence-corrected chi connectivity index (χ3v) is 5.86. The van der Waals surface area contributed by atoms with Gasteiger partial charge in [0.1, 0.15) is 30.1 Å². The molecule has 8 nitrogen and oxygen atoms in total. The van der Waals surface area contributed by atoms with E-state index in [2.05, 4.69) is 49.9 Å². The molecule has 2 aromatic rings. The summed E-state index contributed by atoms with van der Waals surface area (Å²) in [6, 6.07) is 0. The fraction of sp³-hybridized carbons (Fsp3) is 0.696. The van der Waals surface area contributed by atoms with Crippen LogP contribution in [0, 0.1) is 24.2 Å². The quantitative estimate of drug-likeness (QED) is 0.692. The predicted molar refractivity (Wildman–Crippen MR) is 120 cm³/mol. The molecule has 0 radical (unpaired) electrons. The number of amides is 1. The Morgan fingerprint density at radius 3 is 2.71 bits per heavy atom. The minimum absolute atomic E-state index is 0.0234. The van der Waals surface area contributed by atoms with Crippen molar-refractivity contribution in [1.82, 2.24) is 14.5 Å². The normalized spacial score (nSPS) is 22.9. The molecule has 3 rings (SSSR count). The molecule has 0 aliphatic carbocycles. The average molecular weight is 433 g/mol. The maximum Gasteiger partial charge on any atom is 0.228 e. The van der Waals surface area contributed by atoms with Crippen LogP contribution in [0.25, 0.3) is 11.0 Å². The van der Waals surface area contributed by atoms with Gasteiger partial charge in [-0.1, -0.05) is 34.6 Å². The average Bonchev–Trinajstić information content (AvgIpc) is 3.20. The zero-order valence-electron chi connectivity index (χ0n) is 19.7. The number of fused-ring (bicyclic) bond motifs is 1. The fourth-order valence-corrected chi connectivity index (χ4v) is 4.28. The van der Waals surface area contributed by atoms with Gasteiger partial charge in [0.15, 0.2) is 0 Å². The van der Waals surface area contributed by atoms with Crippen molar-refractivity contribution in [2.75, 3.05) is 19.0 Å². The second-order valence-corrected chi connectivity index (χ2v) is 10.1. The number of nitrogens with zero attached hydrogens (tertiary/aromatic N) is 3. The van der Waals surface area contributed by atoms with Crippen LogP contribution in [-0.4, -0.2) is 51.5 Å². The van der Waals surface area contributed by atoms with Crippen LogP contribution in [0.1, 0.15) is 59.3 Å². The van der Waals surface area contributed by atoms with Crippen molar-refractivity contribution in [3.8, 4) is 0 Å². The maximum atomic E-state index is 13.2. The topological polar surface area (TPSA) is 98.5 Å². The lowest BCUT2D eigenvalue weighted by molar-refractivity contribution is -0.122. The molecule has 2 unspecified atom stereocenters. The summed E-state index contributed by atoms with van der Waals surface area (Å²) in [5.74, 6) is 0.589. The molecule has 1 amide bonds. The van der Waals surface area contributed by atoms with Gasteiger partial charge in [-0.15, -0.1) is 0 Å². The number of nitrogens with one attached hydrogen (secondary N) is 1. The van der Waals surface area contributed by atoms with Crippen LogP contribution in [0.4, 0.5) is 5.82 Å². The van der Waals surface area contributed by atoms with Gasteiger partial charge in [0.25, 0.3) is 0 Å². The van der Waals surface area contributed by atoms with Crippen LogP contribution in [0.5, 0.6) is 0 Å². The van der Waals surface area contributed by atoms with Crippen LogP contribution in [0.2, 0.25) is 0 Å². The van der Waals surface area contributed by atoms with Gasteiger partial charge in [-0.05, 0) is 30.2 Å². The summed E-state index contributed by atoms with van der Waals surface area (Å²) in [6.45, 7) is 12.9. The molecule has 1 fully saturated rings. The van der Waals surface area contributed by atoms with Crippen molar-refractivity contribution in [2.45, 2.75) is 72.8 Å². The summed E-state index contributed by atoms with van der Waals surface area (Å²) in [6.07, 6.45) is 3.31. The highest BCUT2D eigenvalue weighted by Crippen LogP contribution is 2.35. The summed E-state index contributed by atoms with van der Waals surface area (Å²) in [7, 11) is 1.59. The minimum atomic E-state index is -0.604. The van der Waals surface area contributed by atoms with Crippen LogP contribution in [0.15, 0.2) is 12.5 Å². The van der Waals surface area contributed by atoms with E-state index in [1.807, 2.05) is 17.7 Å². The van der Waals surface area contributed by atoms with E-state index in [1.54, 1.807) is 7.11 Å². The van der Waals surface area contributed by atoms with Crippen LogP contribution in [-0.2, 0) is 14.3 Å². The van der Waals surface area contributed by atoms with Crippen molar-refractivity contribution in [2.24, 2.45) is 17.3 Å². The summed E-state index contributed by atoms with van der Waals surface area (Å²) < 4.78 is 13.1. The number of anilines is 1. The molecule has 8 heteroatoms. The molecular weight excluding hydrogens is 396 g/mol. The van der Waals surface area contributed by atoms with Crippen molar-refractivity contribution in [1.29, 1.82) is 0 Å². The molecule has 3 heterocycles. The van der Waals surface area contributed by atoms with E-state index in [4.69, 9.17) is 9.47 Å². The molecular formula is C23H36N4O4. The monoisotopic (exact) mass is 432 g/mol. The highest BCUT2D eigenvalue weighted by molar-refractivity contribution is 6.00. The van der Waals surface area contributed by atoms with Gasteiger partial charge in [0.05, 0.1) is 18.1 Å². The Bertz CT molecular complexity index is 918. The lowest BCUT2D eigenvalue weighted by Gasteiger charge is -2.27. The van der Waals surface area contributed by atoms with E-state index in [0.29, 0.717) is 24.5 Å². The number of hydrogen-bond acceptors (Lipinski definition) is 6. The Morgan fingerprint density at radius 2 is 2.10 bits per heavy atom. The Morgan fingerprint density at radius 1 is 1.39 bits per heavy atom. The number of aliphatic hydroxyl groups excluding tert-OH is 1. The Balaban J connectivity index is 1.89. The standard InChI is InChI=1S/C23H36N4O4/c1-13(2)15(9-23(4,5)6)22(29)26-20-19-14(3)10-27(21(19)25-12-24-20)18-8-16(28)17(31-18)11-30-7/h10,12-13,15-18,28H,8-9,11H2,1-7H3,(H,24,25,26,29)/t15?,16?,17-,18-/m1/s1. The van der Waals surface area contributed by atoms with Gasteiger partial charge in [0, 0.05) is 25.6 Å². The molecule has 0 spiro atoms. The van der Waals surface area contributed by atoms with Crippen molar-refractivity contribution in [3.05, 3.63) is 18.1 Å². The van der Waals surface area contributed by atoms with Crippen LogP contribution < -0.4 is 5.32 Å². The first kappa shape index (κ1) is 23.6. The zero-order chi connectivity index (χ0) is 22.9. The first-order valence-corrected chi connectivity index (χ1v) is 11.0. The van der Waals surface area contributed by atoms with E-state index < -0.39 is 6.10 Å². The zero-order valence-corrected chi connectivity index (χ0v) is 19.7. The molecule has 1 aliphatic heterocycles.